The first-order chi connectivity index (χ1) is 7.43. The molecule has 0 saturated carbocycles. The Labute approximate surface area is 93.7 Å². The molecular formula is C8H13N3O4S. The van der Waals surface area contributed by atoms with Gasteiger partial charge in [-0.2, -0.15) is 5.26 Å². The van der Waals surface area contributed by atoms with Gasteiger partial charge in [-0.3, -0.25) is 9.59 Å². The van der Waals surface area contributed by atoms with Crippen LogP contribution in [-0.4, -0.2) is 44.8 Å². The summed E-state index contributed by atoms with van der Waals surface area (Å²) in [6.07, 6.45) is 0. The highest BCUT2D eigenvalue weighted by Gasteiger charge is 2.13. The van der Waals surface area contributed by atoms with Gasteiger partial charge in [0.1, 0.15) is 6.54 Å². The minimum absolute atomic E-state index is 0.0104. The van der Waals surface area contributed by atoms with E-state index in [0.717, 1.165) is 0 Å². The molecule has 0 rings (SSSR count). The molecule has 8 heteroatoms. The highest BCUT2D eigenvalue weighted by Crippen LogP contribution is 1.86. The third-order valence-electron chi connectivity index (χ3n) is 1.67. The quantitative estimate of drug-likeness (QED) is 0.438. The second-order valence-electron chi connectivity index (χ2n) is 2.83. The molecular weight excluding hydrogens is 234 g/mol. The van der Waals surface area contributed by atoms with E-state index in [4.69, 9.17) is 5.26 Å². The van der Waals surface area contributed by atoms with Crippen LogP contribution in [0.1, 0.15) is 6.92 Å². The molecule has 0 fully saturated rings. The number of hydrogen-bond donors (Lipinski definition) is 2. The molecule has 0 atom stereocenters. The van der Waals surface area contributed by atoms with Crippen molar-refractivity contribution in [3.05, 3.63) is 0 Å². The van der Waals surface area contributed by atoms with E-state index in [-0.39, 0.29) is 24.6 Å². The molecule has 0 saturated heterocycles. The molecule has 16 heavy (non-hydrogen) atoms. The van der Waals surface area contributed by atoms with Crippen LogP contribution in [0.2, 0.25) is 0 Å². The van der Waals surface area contributed by atoms with Crippen LogP contribution in [0.4, 0.5) is 0 Å². The molecule has 0 heterocycles. The Hall–Kier alpha value is -1.62. The summed E-state index contributed by atoms with van der Waals surface area (Å²) in [5, 5.41) is 12.3. The van der Waals surface area contributed by atoms with Crippen LogP contribution < -0.4 is 10.6 Å². The van der Waals surface area contributed by atoms with Crippen molar-refractivity contribution in [1.82, 2.24) is 10.6 Å². The fraction of sp³-hybridized carbons (Fsp3) is 0.625. The van der Waals surface area contributed by atoms with E-state index in [1.54, 1.807) is 6.07 Å². The van der Waals surface area contributed by atoms with E-state index in [1.807, 2.05) is 5.32 Å². The monoisotopic (exact) mass is 247 g/mol. The number of carbonyl (C=O) groups excluding carboxylic acids is 2. The molecule has 0 radical (unpaired) electrons. The van der Waals surface area contributed by atoms with Crippen molar-refractivity contribution in [3.63, 3.8) is 0 Å². The predicted octanol–water partition coefficient (Wildman–Crippen LogP) is -1.82. The first-order valence-corrected chi connectivity index (χ1v) is 6.38. The van der Waals surface area contributed by atoms with Crippen LogP contribution >= 0.6 is 0 Å². The van der Waals surface area contributed by atoms with Gasteiger partial charge in [-0.05, 0) is 0 Å². The fourth-order valence-electron chi connectivity index (χ4n) is 0.745. The molecule has 0 aliphatic heterocycles. The van der Waals surface area contributed by atoms with Gasteiger partial charge in [-0.25, -0.2) is 8.42 Å². The van der Waals surface area contributed by atoms with Gasteiger partial charge in [-0.15, -0.1) is 0 Å². The van der Waals surface area contributed by atoms with Crippen molar-refractivity contribution in [2.24, 2.45) is 0 Å². The van der Waals surface area contributed by atoms with Crippen molar-refractivity contribution in [1.29, 1.82) is 5.26 Å². The first-order valence-electron chi connectivity index (χ1n) is 4.56. The van der Waals surface area contributed by atoms with Crippen molar-refractivity contribution >= 4 is 21.7 Å². The summed E-state index contributed by atoms with van der Waals surface area (Å²) in [6, 6.07) is 1.64. The zero-order chi connectivity index (χ0) is 12.6. The zero-order valence-corrected chi connectivity index (χ0v) is 9.63. The summed E-state index contributed by atoms with van der Waals surface area (Å²) in [7, 11) is -3.16. The largest absolute Gasteiger partial charge is 0.347 e. The zero-order valence-electron chi connectivity index (χ0n) is 8.82. The lowest BCUT2D eigenvalue weighted by molar-refractivity contribution is -0.138. The number of nitrogens with one attached hydrogen (secondary N) is 2. The molecule has 0 bridgehead atoms. The maximum absolute atomic E-state index is 11.0. The number of amides is 2. The molecule has 0 aliphatic carbocycles. The molecule has 0 spiro atoms. The van der Waals surface area contributed by atoms with Crippen LogP contribution in [0.5, 0.6) is 0 Å². The van der Waals surface area contributed by atoms with E-state index < -0.39 is 21.7 Å². The Balaban J connectivity index is 3.92. The Kier molecular flexibility index (Phi) is 6.10. The maximum Gasteiger partial charge on any atom is 0.310 e. The van der Waals surface area contributed by atoms with E-state index in [9.17, 15) is 18.0 Å². The summed E-state index contributed by atoms with van der Waals surface area (Å²) in [5.74, 6) is -2.11. The van der Waals surface area contributed by atoms with Gasteiger partial charge in [-0.1, -0.05) is 6.92 Å². The number of sulfone groups is 1. The van der Waals surface area contributed by atoms with Gasteiger partial charge in [0.05, 0.1) is 11.8 Å². The Morgan fingerprint density at radius 3 is 2.31 bits per heavy atom. The number of nitrogens with zero attached hydrogens (tertiary/aromatic N) is 1. The molecule has 0 aliphatic rings. The molecule has 0 aromatic carbocycles. The lowest BCUT2D eigenvalue weighted by Gasteiger charge is -2.04. The van der Waals surface area contributed by atoms with E-state index in [2.05, 4.69) is 5.32 Å². The van der Waals surface area contributed by atoms with Gasteiger partial charge in [0.15, 0.2) is 9.84 Å². The van der Waals surface area contributed by atoms with Gasteiger partial charge in [0.2, 0.25) is 0 Å². The summed E-state index contributed by atoms with van der Waals surface area (Å²) < 4.78 is 22.1. The highest BCUT2D eigenvalue weighted by atomic mass is 32.2. The Morgan fingerprint density at radius 1 is 1.25 bits per heavy atom. The van der Waals surface area contributed by atoms with Crippen LogP contribution in [0.3, 0.4) is 0 Å². The molecule has 0 unspecified atom stereocenters. The highest BCUT2D eigenvalue weighted by molar-refractivity contribution is 7.91. The van der Waals surface area contributed by atoms with Crippen molar-refractivity contribution in [2.75, 3.05) is 24.6 Å². The topological polar surface area (TPSA) is 116 Å². The average Bonchev–Trinajstić information content (AvgIpc) is 2.25. The SMILES string of the molecule is CCS(=O)(=O)CCNC(=O)C(=O)NCC#N. The van der Waals surface area contributed by atoms with Crippen LogP contribution in [0.15, 0.2) is 0 Å². The Bertz CT molecular complexity index is 396. The van der Waals surface area contributed by atoms with Crippen molar-refractivity contribution in [3.8, 4) is 6.07 Å². The second kappa shape index (κ2) is 6.79. The number of hydrogen-bond acceptors (Lipinski definition) is 5. The van der Waals surface area contributed by atoms with Gasteiger partial charge in [0.25, 0.3) is 0 Å². The lowest BCUT2D eigenvalue weighted by Crippen LogP contribution is -2.41. The summed E-state index contributed by atoms with van der Waals surface area (Å²) in [5.41, 5.74) is 0. The second-order valence-corrected chi connectivity index (χ2v) is 5.31. The standard InChI is InChI=1S/C8H13N3O4S/c1-2-16(14,15)6-5-11-8(13)7(12)10-4-3-9/h2,4-6H2,1H3,(H,10,12)(H,11,13). The van der Waals surface area contributed by atoms with Crippen molar-refractivity contribution in [2.45, 2.75) is 6.92 Å². The average molecular weight is 247 g/mol. The van der Waals surface area contributed by atoms with Crippen LogP contribution in [0.25, 0.3) is 0 Å². The van der Waals surface area contributed by atoms with E-state index >= 15 is 0 Å². The minimum Gasteiger partial charge on any atom is -0.347 e. The lowest BCUT2D eigenvalue weighted by atomic mass is 10.5. The van der Waals surface area contributed by atoms with E-state index in [0.29, 0.717) is 0 Å². The fourth-order valence-corrected chi connectivity index (χ4v) is 1.45. The van der Waals surface area contributed by atoms with Crippen molar-refractivity contribution < 1.29 is 18.0 Å². The smallest absolute Gasteiger partial charge is 0.310 e. The van der Waals surface area contributed by atoms with E-state index in [1.165, 1.54) is 6.92 Å². The maximum atomic E-state index is 11.0. The molecule has 7 nitrogen and oxygen atoms in total. The van der Waals surface area contributed by atoms with Gasteiger partial charge in [0, 0.05) is 12.3 Å². The normalized spacial score (nSPS) is 10.2. The molecule has 90 valence electrons. The third kappa shape index (κ3) is 5.98. The Morgan fingerprint density at radius 2 is 1.81 bits per heavy atom. The number of nitriles is 1. The predicted molar refractivity (Wildman–Crippen MR) is 56.0 cm³/mol. The summed E-state index contributed by atoms with van der Waals surface area (Å²) >= 11 is 0. The first kappa shape index (κ1) is 14.4. The van der Waals surface area contributed by atoms with Crippen LogP contribution in [-0.2, 0) is 19.4 Å². The number of rotatable bonds is 5. The molecule has 2 N–H and O–H groups in total. The number of carbonyl (C=O) groups is 2. The summed E-state index contributed by atoms with van der Waals surface area (Å²) in [6.45, 7) is 1.12. The van der Waals surface area contributed by atoms with Gasteiger partial charge < -0.3 is 10.6 Å². The van der Waals surface area contributed by atoms with Crippen LogP contribution in [0, 0.1) is 11.3 Å². The molecule has 2 amide bonds. The third-order valence-corrected chi connectivity index (χ3v) is 3.38. The minimum atomic E-state index is -3.16. The molecule has 0 aromatic rings. The van der Waals surface area contributed by atoms with Gasteiger partial charge >= 0.3 is 11.8 Å². The molecule has 0 aromatic heterocycles. The summed E-state index contributed by atoms with van der Waals surface area (Å²) in [4.78, 5) is 21.9.